The minimum atomic E-state index is -0.311. The third-order valence-corrected chi connectivity index (χ3v) is 9.52. The van der Waals surface area contributed by atoms with Gasteiger partial charge in [0.05, 0.1) is 19.3 Å². The van der Waals surface area contributed by atoms with Crippen molar-refractivity contribution in [3.05, 3.63) is 11.1 Å². The van der Waals surface area contributed by atoms with Crippen LogP contribution in [0.1, 0.15) is 78.6 Å². The zero-order valence-electron chi connectivity index (χ0n) is 16.9. The molecule has 1 unspecified atom stereocenters. The molecule has 3 heteroatoms. The van der Waals surface area contributed by atoms with Crippen molar-refractivity contribution in [2.75, 3.05) is 13.2 Å². The number of fused-ring (bicyclic) bond motifs is 5. The molecule has 1 aliphatic heterocycles. The van der Waals surface area contributed by atoms with Gasteiger partial charge in [0, 0.05) is 12.8 Å². The zero-order chi connectivity index (χ0) is 18.2. The van der Waals surface area contributed by atoms with Crippen molar-refractivity contribution in [3.63, 3.8) is 0 Å². The zero-order valence-corrected chi connectivity index (χ0v) is 16.9. The summed E-state index contributed by atoms with van der Waals surface area (Å²) < 4.78 is 12.2. The normalized spacial score (nSPS) is 49.8. The lowest BCUT2D eigenvalue weighted by Gasteiger charge is -2.59. The van der Waals surface area contributed by atoms with Crippen molar-refractivity contribution < 1.29 is 14.6 Å². The van der Waals surface area contributed by atoms with Crippen LogP contribution in [0.2, 0.25) is 0 Å². The highest BCUT2D eigenvalue weighted by molar-refractivity contribution is 5.32. The smallest absolute Gasteiger partial charge is 0.172 e. The molecule has 1 saturated heterocycles. The van der Waals surface area contributed by atoms with Gasteiger partial charge in [0.2, 0.25) is 0 Å². The Hall–Kier alpha value is -0.380. The van der Waals surface area contributed by atoms with E-state index in [-0.39, 0.29) is 17.3 Å². The SMILES string of the molecule is CCC1=C2CC3(CC[C@]2(C)[C@H]2CC[C@]4(C)C(O)CC[C@H]4[C@@H]2C1)OCCO3. The van der Waals surface area contributed by atoms with Crippen molar-refractivity contribution in [1.82, 2.24) is 0 Å². The molecule has 146 valence electrons. The molecule has 1 heterocycles. The van der Waals surface area contributed by atoms with Crippen LogP contribution in [0.3, 0.4) is 0 Å². The summed E-state index contributed by atoms with van der Waals surface area (Å²) in [5, 5.41) is 10.7. The summed E-state index contributed by atoms with van der Waals surface area (Å²) in [6.45, 7) is 8.80. The van der Waals surface area contributed by atoms with Crippen LogP contribution < -0.4 is 0 Å². The monoisotopic (exact) mass is 360 g/mol. The van der Waals surface area contributed by atoms with E-state index in [2.05, 4.69) is 20.8 Å². The van der Waals surface area contributed by atoms with Gasteiger partial charge >= 0.3 is 0 Å². The second kappa shape index (κ2) is 5.81. The fourth-order valence-electron chi connectivity index (χ4n) is 7.94. The Morgan fingerprint density at radius 2 is 1.77 bits per heavy atom. The van der Waals surface area contributed by atoms with Crippen LogP contribution in [0, 0.1) is 28.6 Å². The van der Waals surface area contributed by atoms with E-state index >= 15 is 0 Å². The van der Waals surface area contributed by atoms with E-state index < -0.39 is 0 Å². The summed E-state index contributed by atoms with van der Waals surface area (Å²) in [4.78, 5) is 0. The summed E-state index contributed by atoms with van der Waals surface area (Å²) in [6.07, 6.45) is 10.4. The largest absolute Gasteiger partial charge is 0.393 e. The van der Waals surface area contributed by atoms with Crippen LogP contribution in [0.15, 0.2) is 11.1 Å². The van der Waals surface area contributed by atoms with Crippen LogP contribution in [0.25, 0.3) is 0 Å². The molecule has 6 atom stereocenters. The van der Waals surface area contributed by atoms with Crippen LogP contribution in [-0.2, 0) is 9.47 Å². The van der Waals surface area contributed by atoms with Gasteiger partial charge in [-0.1, -0.05) is 31.9 Å². The number of hydrogen-bond donors (Lipinski definition) is 1. The molecule has 0 aromatic carbocycles. The second-order valence-corrected chi connectivity index (χ2v) is 10.4. The molecule has 5 rings (SSSR count). The minimum absolute atomic E-state index is 0.0772. The van der Waals surface area contributed by atoms with Crippen LogP contribution >= 0.6 is 0 Å². The maximum atomic E-state index is 10.7. The lowest BCUT2D eigenvalue weighted by atomic mass is 9.46. The predicted octanol–water partition coefficient (Wildman–Crippen LogP) is 4.83. The lowest BCUT2D eigenvalue weighted by molar-refractivity contribution is -0.186. The molecular formula is C23H36O3. The van der Waals surface area contributed by atoms with Gasteiger partial charge in [-0.05, 0) is 73.5 Å². The van der Waals surface area contributed by atoms with Crippen LogP contribution in [-0.4, -0.2) is 30.2 Å². The van der Waals surface area contributed by atoms with E-state index in [9.17, 15) is 5.11 Å². The molecular weight excluding hydrogens is 324 g/mol. The molecule has 0 aromatic heterocycles. The van der Waals surface area contributed by atoms with E-state index in [1.54, 1.807) is 11.1 Å². The number of aliphatic hydroxyl groups excluding tert-OH is 1. The summed E-state index contributed by atoms with van der Waals surface area (Å²) in [5.41, 5.74) is 3.87. The highest BCUT2D eigenvalue weighted by Gasteiger charge is 2.61. The minimum Gasteiger partial charge on any atom is -0.393 e. The number of aliphatic hydroxyl groups is 1. The Labute approximate surface area is 158 Å². The first-order valence-electron chi connectivity index (χ1n) is 11.1. The number of rotatable bonds is 1. The Balaban J connectivity index is 1.53. The first-order chi connectivity index (χ1) is 12.4. The van der Waals surface area contributed by atoms with Gasteiger partial charge in [0.15, 0.2) is 5.79 Å². The quantitative estimate of drug-likeness (QED) is 0.681. The highest BCUT2D eigenvalue weighted by Crippen LogP contribution is 2.67. The summed E-state index contributed by atoms with van der Waals surface area (Å²) in [6, 6.07) is 0. The Morgan fingerprint density at radius 3 is 2.50 bits per heavy atom. The maximum absolute atomic E-state index is 10.7. The summed E-state index contributed by atoms with van der Waals surface area (Å²) >= 11 is 0. The van der Waals surface area contributed by atoms with Gasteiger partial charge in [-0.2, -0.15) is 0 Å². The van der Waals surface area contributed by atoms with Crippen molar-refractivity contribution in [2.45, 2.75) is 90.4 Å². The molecule has 3 saturated carbocycles. The number of hydrogen-bond acceptors (Lipinski definition) is 3. The molecule has 4 fully saturated rings. The van der Waals surface area contributed by atoms with E-state index in [0.717, 1.165) is 50.7 Å². The van der Waals surface area contributed by atoms with E-state index in [0.29, 0.717) is 11.3 Å². The summed E-state index contributed by atoms with van der Waals surface area (Å²) in [5.74, 6) is 1.96. The Morgan fingerprint density at radius 1 is 1.00 bits per heavy atom. The molecule has 0 aromatic rings. The molecule has 1 spiro atoms. The molecule has 0 bridgehead atoms. The average Bonchev–Trinajstić information content (AvgIpc) is 3.20. The molecule has 0 radical (unpaired) electrons. The maximum Gasteiger partial charge on any atom is 0.172 e. The van der Waals surface area contributed by atoms with Gasteiger partial charge in [-0.25, -0.2) is 0 Å². The Bertz CT molecular complexity index is 619. The van der Waals surface area contributed by atoms with Crippen molar-refractivity contribution in [3.8, 4) is 0 Å². The van der Waals surface area contributed by atoms with E-state index in [1.807, 2.05) is 0 Å². The Kier molecular flexibility index (Phi) is 3.96. The first-order valence-corrected chi connectivity index (χ1v) is 11.1. The second-order valence-electron chi connectivity index (χ2n) is 10.4. The lowest BCUT2D eigenvalue weighted by Crippen LogP contribution is -2.53. The molecule has 5 aliphatic rings. The average molecular weight is 361 g/mol. The summed E-state index contributed by atoms with van der Waals surface area (Å²) in [7, 11) is 0. The fraction of sp³-hybridized carbons (Fsp3) is 0.913. The van der Waals surface area contributed by atoms with Crippen molar-refractivity contribution in [2.24, 2.45) is 28.6 Å². The van der Waals surface area contributed by atoms with E-state index in [1.165, 1.54) is 32.1 Å². The third kappa shape index (κ3) is 2.23. The number of allylic oxidation sites excluding steroid dienone is 1. The number of ether oxygens (including phenoxy) is 2. The topological polar surface area (TPSA) is 38.7 Å². The first kappa shape index (κ1) is 17.7. The van der Waals surface area contributed by atoms with Gasteiger partial charge in [-0.15, -0.1) is 0 Å². The van der Waals surface area contributed by atoms with Crippen molar-refractivity contribution >= 4 is 0 Å². The van der Waals surface area contributed by atoms with Gasteiger partial charge in [0.1, 0.15) is 0 Å². The fourth-order valence-corrected chi connectivity index (χ4v) is 7.94. The molecule has 4 aliphatic carbocycles. The van der Waals surface area contributed by atoms with Crippen molar-refractivity contribution in [1.29, 1.82) is 0 Å². The van der Waals surface area contributed by atoms with Crippen LogP contribution in [0.4, 0.5) is 0 Å². The molecule has 26 heavy (non-hydrogen) atoms. The molecule has 3 nitrogen and oxygen atoms in total. The van der Waals surface area contributed by atoms with Gasteiger partial charge in [-0.3, -0.25) is 0 Å². The van der Waals surface area contributed by atoms with Gasteiger partial charge < -0.3 is 14.6 Å². The van der Waals surface area contributed by atoms with Crippen LogP contribution in [0.5, 0.6) is 0 Å². The van der Waals surface area contributed by atoms with E-state index in [4.69, 9.17) is 9.47 Å². The van der Waals surface area contributed by atoms with Gasteiger partial charge in [0.25, 0.3) is 0 Å². The third-order valence-electron chi connectivity index (χ3n) is 9.52. The highest BCUT2D eigenvalue weighted by atomic mass is 16.7. The molecule has 0 amide bonds. The predicted molar refractivity (Wildman–Crippen MR) is 102 cm³/mol. The standard InChI is InChI=1S/C23H36O3/c1-4-15-13-16-17-5-6-20(24)22(17,3)8-7-18(16)21(2)9-10-23(14-19(15)21)25-11-12-26-23/h16-18,20,24H,4-14H2,1-3H3/t16-,17-,18-,20?,21+,22-/m0/s1. The molecule has 1 N–H and O–H groups in total.